The van der Waals surface area contributed by atoms with Gasteiger partial charge in [-0.3, -0.25) is 4.90 Å². The third-order valence-electron chi connectivity index (χ3n) is 4.73. The normalized spacial score (nSPS) is 27.8. The number of aliphatic hydroxyl groups is 1. The van der Waals surface area contributed by atoms with E-state index >= 15 is 0 Å². The minimum Gasteiger partial charge on any atom is -0.396 e. The Kier molecular flexibility index (Phi) is 6.10. The average molecular weight is 283 g/mol. The Morgan fingerprint density at radius 2 is 2.15 bits per heavy atom. The first-order valence-corrected chi connectivity index (χ1v) is 8.12. The quantitative estimate of drug-likeness (QED) is 0.799. The van der Waals surface area contributed by atoms with E-state index in [1.807, 2.05) is 4.90 Å². The van der Waals surface area contributed by atoms with E-state index in [4.69, 9.17) is 5.11 Å². The van der Waals surface area contributed by atoms with E-state index in [1.165, 1.54) is 32.2 Å². The van der Waals surface area contributed by atoms with E-state index in [0.717, 1.165) is 26.1 Å². The van der Waals surface area contributed by atoms with Gasteiger partial charge in [0.15, 0.2) is 0 Å². The summed E-state index contributed by atoms with van der Waals surface area (Å²) in [7, 11) is 0. The second kappa shape index (κ2) is 7.84. The van der Waals surface area contributed by atoms with Crippen molar-refractivity contribution < 1.29 is 9.90 Å². The number of piperidine rings is 1. The van der Waals surface area contributed by atoms with E-state index in [9.17, 15) is 4.79 Å². The van der Waals surface area contributed by atoms with Crippen LogP contribution in [0.2, 0.25) is 0 Å². The highest BCUT2D eigenvalue weighted by Crippen LogP contribution is 2.18. The number of carbonyl (C=O) groups excluding carboxylic acids is 1. The van der Waals surface area contributed by atoms with Crippen molar-refractivity contribution in [3.63, 3.8) is 0 Å². The summed E-state index contributed by atoms with van der Waals surface area (Å²) in [5, 5.41) is 12.1. The third-order valence-corrected chi connectivity index (χ3v) is 4.73. The van der Waals surface area contributed by atoms with Crippen LogP contribution in [-0.4, -0.2) is 66.3 Å². The molecule has 2 saturated heterocycles. The molecule has 0 radical (unpaired) electrons. The van der Waals surface area contributed by atoms with Crippen molar-refractivity contribution in [2.24, 2.45) is 5.92 Å². The molecule has 2 fully saturated rings. The standard InChI is InChI=1S/C15H29N3O2/c1-2-14-5-3-4-8-17(14)10-7-16-15(20)18-9-6-13(11-18)12-19/h13-14,19H,2-12H2,1H3,(H,16,20). The zero-order valence-electron chi connectivity index (χ0n) is 12.7. The lowest BCUT2D eigenvalue weighted by Crippen LogP contribution is -2.46. The Labute approximate surface area is 122 Å². The molecule has 0 aromatic carbocycles. The van der Waals surface area contributed by atoms with E-state index in [0.29, 0.717) is 12.6 Å². The Morgan fingerprint density at radius 1 is 1.30 bits per heavy atom. The van der Waals surface area contributed by atoms with Gasteiger partial charge in [0.2, 0.25) is 0 Å². The third kappa shape index (κ3) is 4.09. The zero-order valence-corrected chi connectivity index (χ0v) is 12.7. The second-order valence-electron chi connectivity index (χ2n) is 6.11. The zero-order chi connectivity index (χ0) is 14.4. The summed E-state index contributed by atoms with van der Waals surface area (Å²) in [4.78, 5) is 16.4. The number of likely N-dealkylation sites (tertiary alicyclic amines) is 2. The van der Waals surface area contributed by atoms with Gasteiger partial charge in [-0.1, -0.05) is 13.3 Å². The number of nitrogens with zero attached hydrogens (tertiary/aromatic N) is 2. The van der Waals surface area contributed by atoms with Crippen LogP contribution in [0.3, 0.4) is 0 Å². The highest BCUT2D eigenvalue weighted by molar-refractivity contribution is 5.74. The van der Waals surface area contributed by atoms with Crippen molar-refractivity contribution in [2.45, 2.75) is 45.1 Å². The molecule has 116 valence electrons. The Bertz CT molecular complexity index is 311. The summed E-state index contributed by atoms with van der Waals surface area (Å²) in [6.45, 7) is 6.78. The monoisotopic (exact) mass is 283 g/mol. The van der Waals surface area contributed by atoms with Crippen molar-refractivity contribution >= 4 is 6.03 Å². The lowest BCUT2D eigenvalue weighted by molar-refractivity contribution is 0.143. The van der Waals surface area contributed by atoms with E-state index in [2.05, 4.69) is 17.1 Å². The van der Waals surface area contributed by atoms with Gasteiger partial charge in [-0.2, -0.15) is 0 Å². The number of amides is 2. The van der Waals surface area contributed by atoms with Gasteiger partial charge in [-0.05, 0) is 32.2 Å². The predicted octanol–water partition coefficient (Wildman–Crippen LogP) is 1.27. The van der Waals surface area contributed by atoms with Crippen LogP contribution >= 0.6 is 0 Å². The molecule has 5 heteroatoms. The van der Waals surface area contributed by atoms with Gasteiger partial charge < -0.3 is 15.3 Å². The van der Waals surface area contributed by atoms with Crippen LogP contribution in [0.5, 0.6) is 0 Å². The molecule has 2 atom stereocenters. The number of nitrogens with one attached hydrogen (secondary N) is 1. The minimum absolute atomic E-state index is 0.0333. The number of carbonyl (C=O) groups is 1. The van der Waals surface area contributed by atoms with Crippen LogP contribution in [0.15, 0.2) is 0 Å². The summed E-state index contributed by atoms with van der Waals surface area (Å²) in [5.74, 6) is 0.271. The van der Waals surface area contributed by atoms with Crippen LogP contribution in [0.4, 0.5) is 4.79 Å². The largest absolute Gasteiger partial charge is 0.396 e. The molecule has 20 heavy (non-hydrogen) atoms. The molecule has 2 amide bonds. The SMILES string of the molecule is CCC1CCCCN1CCNC(=O)N1CCC(CO)C1. The highest BCUT2D eigenvalue weighted by Gasteiger charge is 2.26. The Balaban J connectivity index is 1.66. The maximum Gasteiger partial charge on any atom is 0.317 e. The Hall–Kier alpha value is -0.810. The molecule has 2 aliphatic rings. The second-order valence-corrected chi connectivity index (χ2v) is 6.11. The van der Waals surface area contributed by atoms with Gasteiger partial charge in [0.05, 0.1) is 0 Å². The van der Waals surface area contributed by atoms with Crippen LogP contribution in [0, 0.1) is 5.92 Å². The first-order chi connectivity index (χ1) is 9.74. The lowest BCUT2D eigenvalue weighted by Gasteiger charge is -2.35. The van der Waals surface area contributed by atoms with Gasteiger partial charge in [0.25, 0.3) is 0 Å². The highest BCUT2D eigenvalue weighted by atomic mass is 16.3. The molecule has 0 aromatic heterocycles. The van der Waals surface area contributed by atoms with Gasteiger partial charge >= 0.3 is 6.03 Å². The summed E-state index contributed by atoms with van der Waals surface area (Å²) < 4.78 is 0. The summed E-state index contributed by atoms with van der Waals surface area (Å²) in [5.41, 5.74) is 0. The van der Waals surface area contributed by atoms with Gasteiger partial charge in [-0.15, -0.1) is 0 Å². The molecular formula is C15H29N3O2. The maximum absolute atomic E-state index is 12.0. The molecule has 2 heterocycles. The van der Waals surface area contributed by atoms with Crippen molar-refractivity contribution in [1.29, 1.82) is 0 Å². The molecule has 0 bridgehead atoms. The lowest BCUT2D eigenvalue weighted by atomic mass is 10.0. The summed E-state index contributed by atoms with van der Waals surface area (Å²) >= 11 is 0. The van der Waals surface area contributed by atoms with Crippen LogP contribution in [0.1, 0.15) is 39.0 Å². The van der Waals surface area contributed by atoms with E-state index < -0.39 is 0 Å². The van der Waals surface area contributed by atoms with E-state index in [1.54, 1.807) is 0 Å². The topological polar surface area (TPSA) is 55.8 Å². The molecule has 2 N–H and O–H groups in total. The fourth-order valence-corrected chi connectivity index (χ4v) is 3.40. The Morgan fingerprint density at radius 3 is 2.85 bits per heavy atom. The molecule has 0 aliphatic carbocycles. The fraction of sp³-hybridized carbons (Fsp3) is 0.933. The molecule has 2 rings (SSSR count). The van der Waals surface area contributed by atoms with Crippen LogP contribution < -0.4 is 5.32 Å². The first-order valence-electron chi connectivity index (χ1n) is 8.12. The molecule has 0 aromatic rings. The molecule has 0 saturated carbocycles. The van der Waals surface area contributed by atoms with E-state index in [-0.39, 0.29) is 18.6 Å². The van der Waals surface area contributed by atoms with Crippen LogP contribution in [0.25, 0.3) is 0 Å². The average Bonchev–Trinajstić information content (AvgIpc) is 2.96. The number of rotatable bonds is 5. The molecule has 5 nitrogen and oxygen atoms in total. The van der Waals surface area contributed by atoms with Crippen molar-refractivity contribution in [1.82, 2.24) is 15.1 Å². The van der Waals surface area contributed by atoms with Crippen molar-refractivity contribution in [3.05, 3.63) is 0 Å². The molecule has 0 spiro atoms. The number of hydrogen-bond donors (Lipinski definition) is 2. The maximum atomic E-state index is 12.0. The predicted molar refractivity (Wildman–Crippen MR) is 79.7 cm³/mol. The minimum atomic E-state index is 0.0333. The number of aliphatic hydroxyl groups excluding tert-OH is 1. The van der Waals surface area contributed by atoms with Crippen molar-refractivity contribution in [3.8, 4) is 0 Å². The number of hydrogen-bond acceptors (Lipinski definition) is 3. The summed E-state index contributed by atoms with van der Waals surface area (Å²) in [6, 6.07) is 0.734. The van der Waals surface area contributed by atoms with Gasteiger partial charge in [-0.25, -0.2) is 4.79 Å². The fourth-order valence-electron chi connectivity index (χ4n) is 3.40. The van der Waals surface area contributed by atoms with Gasteiger partial charge in [0.1, 0.15) is 0 Å². The molecular weight excluding hydrogens is 254 g/mol. The molecule has 2 unspecified atom stereocenters. The summed E-state index contributed by atoms with van der Waals surface area (Å²) in [6.07, 6.45) is 6.06. The van der Waals surface area contributed by atoms with Crippen LogP contribution in [-0.2, 0) is 0 Å². The van der Waals surface area contributed by atoms with Gasteiger partial charge in [0, 0.05) is 44.7 Å². The van der Waals surface area contributed by atoms with Crippen molar-refractivity contribution in [2.75, 3.05) is 39.3 Å². The smallest absolute Gasteiger partial charge is 0.317 e. The first kappa shape index (κ1) is 15.6. The number of urea groups is 1. The molecule has 2 aliphatic heterocycles.